The van der Waals surface area contributed by atoms with Crippen LogP contribution in [0.3, 0.4) is 0 Å². The van der Waals surface area contributed by atoms with Crippen LogP contribution < -0.4 is 5.32 Å². The van der Waals surface area contributed by atoms with Gasteiger partial charge in [-0.25, -0.2) is 0 Å². The highest BCUT2D eigenvalue weighted by Gasteiger charge is 2.13. The lowest BCUT2D eigenvalue weighted by molar-refractivity contribution is -0.138. The van der Waals surface area contributed by atoms with Crippen molar-refractivity contribution in [3.8, 4) is 11.6 Å². The molecule has 2 rings (SSSR count). The molecule has 0 saturated carbocycles. The molecule has 8 heteroatoms. The number of hydrogen-bond donors (Lipinski definition) is 2. The smallest absolute Gasteiger partial charge is 0.303 e. The van der Waals surface area contributed by atoms with Gasteiger partial charge in [0.25, 0.3) is 0 Å². The predicted octanol–water partition coefficient (Wildman–Crippen LogP) is 1.49. The minimum absolute atomic E-state index is 0.0243. The molecule has 0 aliphatic rings. The van der Waals surface area contributed by atoms with Gasteiger partial charge in [-0.1, -0.05) is 12.1 Å². The Kier molecular flexibility index (Phi) is 5.29. The van der Waals surface area contributed by atoms with Gasteiger partial charge in [0, 0.05) is 25.8 Å². The molecule has 118 valence electrons. The highest BCUT2D eigenvalue weighted by atomic mass is 16.5. The van der Waals surface area contributed by atoms with Crippen molar-refractivity contribution in [2.45, 2.75) is 26.2 Å². The van der Waals surface area contributed by atoms with Crippen molar-refractivity contribution in [3.63, 3.8) is 0 Å². The third-order valence-electron chi connectivity index (χ3n) is 2.95. The van der Waals surface area contributed by atoms with Gasteiger partial charge in [-0.15, -0.1) is 0 Å². The molecule has 0 saturated heterocycles. The molecule has 0 radical (unpaired) electrons. The zero-order chi connectivity index (χ0) is 15.9. The minimum atomic E-state index is -0.877. The largest absolute Gasteiger partial charge is 0.481 e. The highest BCUT2D eigenvalue weighted by molar-refractivity contribution is 5.76. The summed E-state index contributed by atoms with van der Waals surface area (Å²) >= 11 is 0. The number of carboxylic acid groups (broad SMARTS) is 1. The van der Waals surface area contributed by atoms with Crippen LogP contribution in [-0.4, -0.2) is 33.7 Å². The Bertz CT molecular complexity index is 620. The van der Waals surface area contributed by atoms with Crippen LogP contribution in [0.1, 0.15) is 25.7 Å². The van der Waals surface area contributed by atoms with Gasteiger partial charge in [0.1, 0.15) is 0 Å². The van der Waals surface area contributed by atoms with E-state index in [9.17, 15) is 9.59 Å². The number of rotatable bonds is 8. The SMILES string of the molecule is CC(CNC(=O)CCc1nc(-c2ccco2)no1)CC(=O)O. The number of nitrogens with zero attached hydrogens (tertiary/aromatic N) is 2. The number of aliphatic carboxylic acids is 1. The fourth-order valence-corrected chi connectivity index (χ4v) is 1.83. The van der Waals surface area contributed by atoms with Gasteiger partial charge >= 0.3 is 5.97 Å². The molecule has 1 amide bonds. The monoisotopic (exact) mass is 307 g/mol. The lowest BCUT2D eigenvalue weighted by Gasteiger charge is -2.09. The van der Waals surface area contributed by atoms with Gasteiger partial charge in [-0.05, 0) is 18.1 Å². The first-order chi connectivity index (χ1) is 10.5. The zero-order valence-corrected chi connectivity index (χ0v) is 12.1. The van der Waals surface area contributed by atoms with E-state index in [1.807, 2.05) is 0 Å². The summed E-state index contributed by atoms with van der Waals surface area (Å²) in [6, 6.07) is 3.43. The van der Waals surface area contributed by atoms with Crippen LogP contribution >= 0.6 is 0 Å². The van der Waals surface area contributed by atoms with Gasteiger partial charge in [-0.3, -0.25) is 9.59 Å². The van der Waals surface area contributed by atoms with E-state index in [2.05, 4.69) is 15.5 Å². The van der Waals surface area contributed by atoms with Crippen molar-refractivity contribution in [2.24, 2.45) is 5.92 Å². The fraction of sp³-hybridized carbons (Fsp3) is 0.429. The second-order valence-corrected chi connectivity index (χ2v) is 5.00. The first-order valence-corrected chi connectivity index (χ1v) is 6.89. The van der Waals surface area contributed by atoms with E-state index in [0.29, 0.717) is 30.4 Å². The van der Waals surface area contributed by atoms with Crippen molar-refractivity contribution >= 4 is 11.9 Å². The summed E-state index contributed by atoms with van der Waals surface area (Å²) < 4.78 is 10.2. The standard InChI is InChI=1S/C14H17N3O5/c1-9(7-13(19)20)8-15-11(18)4-5-12-16-14(17-22-12)10-3-2-6-21-10/h2-3,6,9H,4-5,7-8H2,1H3,(H,15,18)(H,19,20). The maximum atomic E-state index is 11.7. The van der Waals surface area contributed by atoms with E-state index in [0.717, 1.165) is 0 Å². The van der Waals surface area contributed by atoms with Gasteiger partial charge in [0.2, 0.25) is 17.6 Å². The summed E-state index contributed by atoms with van der Waals surface area (Å²) in [5, 5.41) is 15.1. The second-order valence-electron chi connectivity index (χ2n) is 5.00. The molecule has 0 aliphatic carbocycles. The third-order valence-corrected chi connectivity index (χ3v) is 2.95. The molecule has 1 atom stereocenters. The summed E-state index contributed by atoms with van der Waals surface area (Å²) in [4.78, 5) is 26.3. The van der Waals surface area contributed by atoms with Crippen molar-refractivity contribution in [1.29, 1.82) is 0 Å². The van der Waals surface area contributed by atoms with Gasteiger partial charge in [-0.2, -0.15) is 4.98 Å². The minimum Gasteiger partial charge on any atom is -0.481 e. The normalized spacial score (nSPS) is 12.0. The quantitative estimate of drug-likeness (QED) is 0.758. The molecule has 2 aromatic heterocycles. The number of carbonyl (C=O) groups is 2. The number of aryl methyl sites for hydroxylation is 1. The van der Waals surface area contributed by atoms with E-state index in [4.69, 9.17) is 14.0 Å². The van der Waals surface area contributed by atoms with Crippen LogP contribution in [0.2, 0.25) is 0 Å². The molecule has 2 heterocycles. The molecule has 0 fully saturated rings. The Hall–Kier alpha value is -2.64. The molecule has 22 heavy (non-hydrogen) atoms. The van der Waals surface area contributed by atoms with Crippen molar-refractivity contribution < 1.29 is 23.6 Å². The van der Waals surface area contributed by atoms with E-state index in [-0.39, 0.29) is 24.7 Å². The van der Waals surface area contributed by atoms with Crippen molar-refractivity contribution in [2.75, 3.05) is 6.54 Å². The Balaban J connectivity index is 1.73. The van der Waals surface area contributed by atoms with Gasteiger partial charge in [0.05, 0.1) is 6.26 Å². The van der Waals surface area contributed by atoms with E-state index in [1.165, 1.54) is 6.26 Å². The molecule has 1 unspecified atom stereocenters. The number of carboxylic acids is 1. The van der Waals surface area contributed by atoms with Crippen LogP contribution in [-0.2, 0) is 16.0 Å². The van der Waals surface area contributed by atoms with Crippen LogP contribution in [0.5, 0.6) is 0 Å². The van der Waals surface area contributed by atoms with Crippen LogP contribution in [0.25, 0.3) is 11.6 Å². The summed E-state index contributed by atoms with van der Waals surface area (Å²) in [6.07, 6.45) is 2.04. The molecule has 0 bridgehead atoms. The molecule has 2 aromatic rings. The van der Waals surface area contributed by atoms with Crippen LogP contribution in [0.15, 0.2) is 27.3 Å². The first-order valence-electron chi connectivity index (χ1n) is 6.89. The Morgan fingerprint density at radius 3 is 2.95 bits per heavy atom. The number of carbonyl (C=O) groups excluding carboxylic acids is 1. The van der Waals surface area contributed by atoms with Crippen LogP contribution in [0.4, 0.5) is 0 Å². The fourth-order valence-electron chi connectivity index (χ4n) is 1.83. The number of amides is 1. The number of furan rings is 1. The number of aromatic nitrogens is 2. The topological polar surface area (TPSA) is 118 Å². The highest BCUT2D eigenvalue weighted by Crippen LogP contribution is 2.16. The average Bonchev–Trinajstić information content (AvgIpc) is 3.12. The molecule has 0 aromatic carbocycles. The first kappa shape index (κ1) is 15.7. The predicted molar refractivity (Wildman–Crippen MR) is 74.7 cm³/mol. The molecule has 8 nitrogen and oxygen atoms in total. The van der Waals surface area contributed by atoms with Gasteiger partial charge in [0.15, 0.2) is 5.76 Å². The second kappa shape index (κ2) is 7.39. The molecule has 2 N–H and O–H groups in total. The number of hydrogen-bond acceptors (Lipinski definition) is 6. The van der Waals surface area contributed by atoms with E-state index in [1.54, 1.807) is 19.1 Å². The maximum absolute atomic E-state index is 11.7. The van der Waals surface area contributed by atoms with Crippen LogP contribution in [0, 0.1) is 5.92 Å². The average molecular weight is 307 g/mol. The number of nitrogens with one attached hydrogen (secondary N) is 1. The van der Waals surface area contributed by atoms with Crippen molar-refractivity contribution in [3.05, 3.63) is 24.3 Å². The summed E-state index contributed by atoms with van der Waals surface area (Å²) in [6.45, 7) is 2.09. The van der Waals surface area contributed by atoms with Crippen molar-refractivity contribution in [1.82, 2.24) is 15.5 Å². The summed E-state index contributed by atoms with van der Waals surface area (Å²) in [5.41, 5.74) is 0. The summed E-state index contributed by atoms with van der Waals surface area (Å²) in [7, 11) is 0. The molecule has 0 aliphatic heterocycles. The van der Waals surface area contributed by atoms with Gasteiger partial charge < -0.3 is 19.4 Å². The zero-order valence-electron chi connectivity index (χ0n) is 12.1. The molecular formula is C14H17N3O5. The Labute approximate surface area is 126 Å². The van der Waals surface area contributed by atoms with E-state index < -0.39 is 5.97 Å². The molecule has 0 spiro atoms. The Morgan fingerprint density at radius 1 is 1.45 bits per heavy atom. The summed E-state index contributed by atoms with van der Waals surface area (Å²) in [5.74, 6) is 0.0148. The van der Waals surface area contributed by atoms with E-state index >= 15 is 0 Å². The molecular weight excluding hydrogens is 290 g/mol. The lowest BCUT2D eigenvalue weighted by atomic mass is 10.1. The lowest BCUT2D eigenvalue weighted by Crippen LogP contribution is -2.29. The Morgan fingerprint density at radius 2 is 2.27 bits per heavy atom. The maximum Gasteiger partial charge on any atom is 0.303 e. The third kappa shape index (κ3) is 4.72.